The highest BCUT2D eigenvalue weighted by Crippen LogP contribution is 2.40. The van der Waals surface area contributed by atoms with Crippen LogP contribution in [0, 0.1) is 0 Å². The minimum absolute atomic E-state index is 0.0545. The Hall–Kier alpha value is -4.03. The average Bonchev–Trinajstić information content (AvgIpc) is 3.26. The molecule has 2 saturated heterocycles. The maximum Gasteiger partial charge on any atom is 0.295 e. The van der Waals surface area contributed by atoms with Crippen LogP contribution in [-0.4, -0.2) is 81.0 Å². The number of aliphatic hydroxyl groups excluding tert-OH is 1. The number of ketones is 1. The van der Waals surface area contributed by atoms with Crippen molar-refractivity contribution < 1.29 is 37.3 Å². The van der Waals surface area contributed by atoms with Crippen LogP contribution in [0.4, 0.5) is 0 Å². The van der Waals surface area contributed by atoms with E-state index in [1.54, 1.807) is 36.4 Å². The van der Waals surface area contributed by atoms with Gasteiger partial charge in [0.2, 0.25) is 10.0 Å². The highest BCUT2D eigenvalue weighted by Gasteiger charge is 2.46. The number of rotatable bonds is 9. The van der Waals surface area contributed by atoms with Gasteiger partial charge in [0.1, 0.15) is 17.3 Å². The van der Waals surface area contributed by atoms with Gasteiger partial charge < -0.3 is 24.2 Å². The van der Waals surface area contributed by atoms with Crippen LogP contribution in [-0.2, 0) is 29.1 Å². The predicted octanol–water partition coefficient (Wildman–Crippen LogP) is 3.57. The second-order valence-electron chi connectivity index (χ2n) is 9.51. The van der Waals surface area contributed by atoms with Crippen LogP contribution in [0.3, 0.4) is 0 Å². The van der Waals surface area contributed by atoms with Crippen molar-refractivity contribution in [3.63, 3.8) is 0 Å². The van der Waals surface area contributed by atoms with E-state index >= 15 is 0 Å². The molecule has 214 valence electrons. The Bertz CT molecular complexity index is 1550. The van der Waals surface area contributed by atoms with Crippen LogP contribution < -0.4 is 4.74 Å². The summed E-state index contributed by atoms with van der Waals surface area (Å²) in [6.07, 6.45) is 0. The smallest absolute Gasteiger partial charge is 0.295 e. The number of nitrogens with zero attached hydrogens (tertiary/aromatic N) is 2. The SMILES string of the molecule is COCCN1C(=O)C(=O)C(=C(O)c2ccc(S(=O)(=O)N3CCOCC3)cc2)[C@H]1c1cccc(Oc2ccccc2)c1. The summed E-state index contributed by atoms with van der Waals surface area (Å²) in [5.74, 6) is -0.913. The van der Waals surface area contributed by atoms with Gasteiger partial charge in [0, 0.05) is 32.3 Å². The van der Waals surface area contributed by atoms with Crippen LogP contribution in [0.5, 0.6) is 11.5 Å². The van der Waals surface area contributed by atoms with E-state index in [1.165, 1.54) is 40.6 Å². The Labute approximate surface area is 238 Å². The molecule has 3 aromatic carbocycles. The van der Waals surface area contributed by atoms with Gasteiger partial charge in [0.15, 0.2) is 0 Å². The predicted molar refractivity (Wildman–Crippen MR) is 150 cm³/mol. The largest absolute Gasteiger partial charge is 0.507 e. The molecule has 10 nitrogen and oxygen atoms in total. The number of methoxy groups -OCH3 is 1. The van der Waals surface area contributed by atoms with E-state index in [4.69, 9.17) is 14.2 Å². The van der Waals surface area contributed by atoms with Crippen molar-refractivity contribution in [3.05, 3.63) is 95.6 Å². The van der Waals surface area contributed by atoms with E-state index in [0.29, 0.717) is 30.3 Å². The molecule has 3 aromatic rings. The van der Waals surface area contributed by atoms with E-state index in [9.17, 15) is 23.1 Å². The fourth-order valence-electron chi connectivity index (χ4n) is 4.90. The number of amides is 1. The van der Waals surface area contributed by atoms with Crippen LogP contribution >= 0.6 is 0 Å². The van der Waals surface area contributed by atoms with E-state index < -0.39 is 33.5 Å². The maximum atomic E-state index is 13.3. The first-order valence-corrected chi connectivity index (χ1v) is 14.5. The lowest BCUT2D eigenvalue weighted by Gasteiger charge is -2.26. The van der Waals surface area contributed by atoms with Gasteiger partial charge >= 0.3 is 0 Å². The normalized spacial score (nSPS) is 19.4. The van der Waals surface area contributed by atoms with Crippen molar-refractivity contribution in [2.45, 2.75) is 10.9 Å². The highest BCUT2D eigenvalue weighted by molar-refractivity contribution is 7.89. The number of hydrogen-bond acceptors (Lipinski definition) is 8. The first-order chi connectivity index (χ1) is 19.8. The van der Waals surface area contributed by atoms with Crippen LogP contribution in [0.25, 0.3) is 5.76 Å². The molecule has 2 aliphatic heterocycles. The fourth-order valence-corrected chi connectivity index (χ4v) is 6.30. The van der Waals surface area contributed by atoms with Crippen LogP contribution in [0.15, 0.2) is 89.3 Å². The standard InChI is InChI=1S/C30H30N2O8S/c1-38-17-16-32-27(22-6-5-9-24(20-22)40-23-7-3-2-4-8-23)26(29(34)30(32)35)28(33)21-10-12-25(13-11-21)41(36,37)31-14-18-39-19-15-31/h2-13,20,27,33H,14-19H2,1H3/t27-/m1/s1. The Kier molecular flexibility index (Phi) is 8.50. The summed E-state index contributed by atoms with van der Waals surface area (Å²) in [6, 6.07) is 20.8. The Morgan fingerprint density at radius 3 is 2.32 bits per heavy atom. The van der Waals surface area contributed by atoms with E-state index in [0.717, 1.165) is 0 Å². The molecule has 5 rings (SSSR count). The molecule has 41 heavy (non-hydrogen) atoms. The lowest BCUT2D eigenvalue weighted by atomic mass is 9.95. The zero-order valence-electron chi connectivity index (χ0n) is 22.4. The van der Waals surface area contributed by atoms with E-state index in [1.807, 2.05) is 18.2 Å². The lowest BCUT2D eigenvalue weighted by Crippen LogP contribution is -2.40. The zero-order chi connectivity index (χ0) is 29.0. The third-order valence-corrected chi connectivity index (χ3v) is 8.88. The molecule has 0 bridgehead atoms. The molecule has 0 spiro atoms. The number of morpholine rings is 1. The summed E-state index contributed by atoms with van der Waals surface area (Å²) >= 11 is 0. The highest BCUT2D eigenvalue weighted by atomic mass is 32.2. The number of aliphatic hydroxyl groups is 1. The number of likely N-dealkylation sites (tertiary alicyclic amines) is 1. The summed E-state index contributed by atoms with van der Waals surface area (Å²) in [5.41, 5.74) is 0.658. The van der Waals surface area contributed by atoms with Gasteiger partial charge in [-0.3, -0.25) is 9.59 Å². The molecule has 2 heterocycles. The molecule has 2 fully saturated rings. The Morgan fingerprint density at radius 1 is 0.951 bits per heavy atom. The third kappa shape index (κ3) is 5.89. The first kappa shape index (κ1) is 28.5. The zero-order valence-corrected chi connectivity index (χ0v) is 23.2. The summed E-state index contributed by atoms with van der Waals surface area (Å²) < 4.78 is 43.8. The van der Waals surface area contributed by atoms with Crippen molar-refractivity contribution in [3.8, 4) is 11.5 Å². The van der Waals surface area contributed by atoms with Crippen molar-refractivity contribution in [1.29, 1.82) is 0 Å². The van der Waals surface area contributed by atoms with Gasteiger partial charge in [0.25, 0.3) is 11.7 Å². The monoisotopic (exact) mass is 578 g/mol. The third-order valence-electron chi connectivity index (χ3n) is 6.96. The molecule has 1 atom stereocenters. The Balaban J connectivity index is 1.52. The molecule has 0 unspecified atom stereocenters. The topological polar surface area (TPSA) is 123 Å². The van der Waals surface area contributed by atoms with Gasteiger partial charge in [-0.2, -0.15) is 4.31 Å². The van der Waals surface area contributed by atoms with Gasteiger partial charge in [-0.05, 0) is 54.1 Å². The summed E-state index contributed by atoms with van der Waals surface area (Å²) in [7, 11) is -2.26. The molecular formula is C30H30N2O8S. The quantitative estimate of drug-likeness (QED) is 0.232. The summed E-state index contributed by atoms with van der Waals surface area (Å²) in [5, 5.41) is 11.4. The summed E-state index contributed by atoms with van der Waals surface area (Å²) in [6.45, 7) is 1.43. The minimum Gasteiger partial charge on any atom is -0.507 e. The molecule has 0 aromatic heterocycles. The van der Waals surface area contributed by atoms with Gasteiger partial charge in [0.05, 0.1) is 36.3 Å². The Morgan fingerprint density at radius 2 is 1.63 bits per heavy atom. The second kappa shape index (κ2) is 12.2. The number of benzene rings is 3. The van der Waals surface area contributed by atoms with Gasteiger partial charge in [-0.1, -0.05) is 30.3 Å². The fraction of sp³-hybridized carbons (Fsp3) is 0.267. The number of Topliss-reactive ketones (excluding diaryl/α,β-unsaturated/α-hetero) is 1. The number of hydrogen-bond donors (Lipinski definition) is 1. The lowest BCUT2D eigenvalue weighted by molar-refractivity contribution is -0.140. The molecular weight excluding hydrogens is 548 g/mol. The second-order valence-corrected chi connectivity index (χ2v) is 11.5. The summed E-state index contributed by atoms with van der Waals surface area (Å²) in [4.78, 5) is 27.8. The molecule has 0 radical (unpaired) electrons. The maximum absolute atomic E-state index is 13.3. The van der Waals surface area contributed by atoms with Crippen LogP contribution in [0.1, 0.15) is 17.2 Å². The first-order valence-electron chi connectivity index (χ1n) is 13.1. The average molecular weight is 579 g/mol. The number of carbonyl (C=O) groups excluding carboxylic acids is 2. The molecule has 11 heteroatoms. The molecule has 0 saturated carbocycles. The number of carbonyl (C=O) groups is 2. The van der Waals surface area contributed by atoms with Crippen molar-refractivity contribution in [2.75, 3.05) is 46.6 Å². The molecule has 1 amide bonds. The number of para-hydroxylation sites is 1. The van der Waals surface area contributed by atoms with E-state index in [2.05, 4.69) is 0 Å². The van der Waals surface area contributed by atoms with Crippen molar-refractivity contribution in [2.24, 2.45) is 0 Å². The molecule has 2 aliphatic rings. The number of sulfonamides is 1. The van der Waals surface area contributed by atoms with Gasteiger partial charge in [-0.25, -0.2) is 8.42 Å². The van der Waals surface area contributed by atoms with E-state index in [-0.39, 0.29) is 42.3 Å². The number of ether oxygens (including phenoxy) is 3. The van der Waals surface area contributed by atoms with Gasteiger partial charge in [-0.15, -0.1) is 0 Å². The molecule has 0 aliphatic carbocycles. The minimum atomic E-state index is -3.75. The van der Waals surface area contributed by atoms with Crippen molar-refractivity contribution >= 4 is 27.5 Å². The van der Waals surface area contributed by atoms with Crippen molar-refractivity contribution in [1.82, 2.24) is 9.21 Å². The van der Waals surface area contributed by atoms with Crippen LogP contribution in [0.2, 0.25) is 0 Å². The molecule has 1 N–H and O–H groups in total.